The van der Waals surface area contributed by atoms with Crippen molar-refractivity contribution in [3.63, 3.8) is 0 Å². The molecular formula is C19H24N8O. The second kappa shape index (κ2) is 7.49. The van der Waals surface area contributed by atoms with E-state index < -0.39 is 0 Å². The lowest BCUT2D eigenvalue weighted by Crippen LogP contribution is -2.34. The predicted molar refractivity (Wildman–Crippen MR) is 102 cm³/mol. The van der Waals surface area contributed by atoms with Crippen molar-refractivity contribution in [3.8, 4) is 11.5 Å². The van der Waals surface area contributed by atoms with Gasteiger partial charge in [-0.1, -0.05) is 0 Å². The van der Waals surface area contributed by atoms with E-state index in [4.69, 9.17) is 0 Å². The first-order chi connectivity index (χ1) is 13.6. The van der Waals surface area contributed by atoms with Crippen LogP contribution in [0.4, 0.5) is 0 Å². The van der Waals surface area contributed by atoms with Gasteiger partial charge in [-0.2, -0.15) is 5.10 Å². The van der Waals surface area contributed by atoms with Gasteiger partial charge < -0.3 is 9.88 Å². The molecule has 3 aromatic rings. The van der Waals surface area contributed by atoms with E-state index in [2.05, 4.69) is 37.5 Å². The molecule has 0 spiro atoms. The van der Waals surface area contributed by atoms with Gasteiger partial charge in [0.2, 0.25) is 5.91 Å². The zero-order chi connectivity index (χ0) is 19.7. The van der Waals surface area contributed by atoms with Crippen molar-refractivity contribution in [1.82, 2.24) is 39.8 Å². The number of rotatable bonds is 5. The van der Waals surface area contributed by atoms with Crippen molar-refractivity contribution in [2.24, 2.45) is 7.05 Å². The summed E-state index contributed by atoms with van der Waals surface area (Å²) in [6.45, 7) is 5.41. The van der Waals surface area contributed by atoms with Crippen LogP contribution >= 0.6 is 0 Å². The first-order valence-corrected chi connectivity index (χ1v) is 9.52. The largest absolute Gasteiger partial charge is 0.355 e. The molecule has 9 nitrogen and oxygen atoms in total. The van der Waals surface area contributed by atoms with Crippen LogP contribution in [0.5, 0.6) is 0 Å². The van der Waals surface area contributed by atoms with Crippen molar-refractivity contribution >= 4 is 5.91 Å². The number of hydrogen-bond donors (Lipinski definition) is 1. The number of nitrogens with zero attached hydrogens (tertiary/aromatic N) is 7. The van der Waals surface area contributed by atoms with E-state index in [1.807, 2.05) is 23.2 Å². The molecule has 28 heavy (non-hydrogen) atoms. The average Bonchev–Trinajstić information content (AvgIpc) is 3.24. The van der Waals surface area contributed by atoms with Gasteiger partial charge in [0.25, 0.3) is 0 Å². The molecule has 1 amide bonds. The van der Waals surface area contributed by atoms with Crippen molar-refractivity contribution in [2.75, 3.05) is 6.54 Å². The van der Waals surface area contributed by atoms with Crippen LogP contribution in [0.1, 0.15) is 41.5 Å². The molecule has 4 rings (SSSR count). The summed E-state index contributed by atoms with van der Waals surface area (Å²) in [6.07, 6.45) is 7.36. The normalized spacial score (nSPS) is 16.0. The van der Waals surface area contributed by atoms with Crippen molar-refractivity contribution in [3.05, 3.63) is 41.4 Å². The van der Waals surface area contributed by atoms with Gasteiger partial charge in [0.15, 0.2) is 5.82 Å². The van der Waals surface area contributed by atoms with E-state index in [9.17, 15) is 4.79 Å². The van der Waals surface area contributed by atoms with Crippen molar-refractivity contribution in [2.45, 2.75) is 45.6 Å². The van der Waals surface area contributed by atoms with Crippen LogP contribution in [0, 0.1) is 13.8 Å². The number of hydrogen-bond acceptors (Lipinski definition) is 6. The molecule has 1 unspecified atom stereocenters. The van der Waals surface area contributed by atoms with E-state index in [0.717, 1.165) is 37.2 Å². The maximum atomic E-state index is 12.8. The van der Waals surface area contributed by atoms with Crippen LogP contribution < -0.4 is 5.32 Å². The highest BCUT2D eigenvalue weighted by molar-refractivity contribution is 5.83. The first-order valence-electron chi connectivity index (χ1n) is 9.52. The van der Waals surface area contributed by atoms with Gasteiger partial charge in [-0.3, -0.25) is 14.5 Å². The molecule has 0 fully saturated rings. The minimum atomic E-state index is -0.289. The molecule has 0 aliphatic carbocycles. The van der Waals surface area contributed by atoms with Crippen molar-refractivity contribution in [1.29, 1.82) is 0 Å². The lowest BCUT2D eigenvalue weighted by Gasteiger charge is -2.22. The summed E-state index contributed by atoms with van der Waals surface area (Å²) in [6, 6.07) is 0. The van der Waals surface area contributed by atoms with Gasteiger partial charge in [-0.25, -0.2) is 4.98 Å². The molecule has 0 saturated heterocycles. The van der Waals surface area contributed by atoms with Gasteiger partial charge in [0.1, 0.15) is 11.5 Å². The third-order valence-electron chi connectivity index (χ3n) is 5.41. The molecule has 0 saturated carbocycles. The Morgan fingerprint density at radius 1 is 1.29 bits per heavy atom. The third-order valence-corrected chi connectivity index (χ3v) is 5.41. The van der Waals surface area contributed by atoms with Crippen LogP contribution in [0.15, 0.2) is 18.6 Å². The van der Waals surface area contributed by atoms with Gasteiger partial charge in [0, 0.05) is 38.2 Å². The van der Waals surface area contributed by atoms with E-state index in [-0.39, 0.29) is 11.8 Å². The Morgan fingerprint density at radius 2 is 2.14 bits per heavy atom. The van der Waals surface area contributed by atoms with E-state index in [1.165, 1.54) is 5.56 Å². The number of aryl methyl sites for hydroxylation is 2. The van der Waals surface area contributed by atoms with Crippen LogP contribution in [0.3, 0.4) is 0 Å². The van der Waals surface area contributed by atoms with E-state index >= 15 is 0 Å². The molecule has 0 bridgehead atoms. The third kappa shape index (κ3) is 3.28. The summed E-state index contributed by atoms with van der Waals surface area (Å²) < 4.78 is 3.87. The Kier molecular flexibility index (Phi) is 4.89. The zero-order valence-electron chi connectivity index (χ0n) is 16.4. The Bertz CT molecular complexity index is 991. The zero-order valence-corrected chi connectivity index (χ0v) is 16.4. The van der Waals surface area contributed by atoms with Crippen LogP contribution in [-0.4, -0.2) is 47.0 Å². The fraction of sp³-hybridized carbons (Fsp3) is 0.474. The highest BCUT2D eigenvalue weighted by atomic mass is 16.1. The van der Waals surface area contributed by atoms with E-state index in [0.29, 0.717) is 23.9 Å². The topological polar surface area (TPSA) is 103 Å². The molecule has 4 heterocycles. The summed E-state index contributed by atoms with van der Waals surface area (Å²) in [5.74, 6) is 1.08. The minimum Gasteiger partial charge on any atom is -0.355 e. The molecule has 146 valence electrons. The number of aromatic nitrogens is 7. The Balaban J connectivity index is 1.46. The van der Waals surface area contributed by atoms with Crippen LogP contribution in [0.2, 0.25) is 0 Å². The van der Waals surface area contributed by atoms with Crippen LogP contribution in [0.25, 0.3) is 11.5 Å². The van der Waals surface area contributed by atoms with Gasteiger partial charge in [-0.15, -0.1) is 10.2 Å². The number of nitrogens with one attached hydrogen (secondary N) is 1. The molecule has 1 atom stereocenters. The SMILES string of the molecule is Cc1nn(C)c(C)c1CCNC(=O)C1CCCn2c(-c3cnccn3)nnc21. The van der Waals surface area contributed by atoms with Crippen LogP contribution in [-0.2, 0) is 24.8 Å². The first kappa shape index (κ1) is 18.3. The summed E-state index contributed by atoms with van der Waals surface area (Å²) >= 11 is 0. The van der Waals surface area contributed by atoms with Gasteiger partial charge in [-0.05, 0) is 38.7 Å². The Hall–Kier alpha value is -3.10. The summed E-state index contributed by atoms with van der Waals surface area (Å²) in [4.78, 5) is 21.2. The molecular weight excluding hydrogens is 356 g/mol. The van der Waals surface area contributed by atoms with Gasteiger partial charge >= 0.3 is 0 Å². The number of amides is 1. The smallest absolute Gasteiger partial charge is 0.230 e. The lowest BCUT2D eigenvalue weighted by molar-refractivity contribution is -0.123. The van der Waals surface area contributed by atoms with E-state index in [1.54, 1.807) is 18.6 Å². The minimum absolute atomic E-state index is 0.00163. The molecule has 3 aromatic heterocycles. The van der Waals surface area contributed by atoms with Crippen molar-refractivity contribution < 1.29 is 4.79 Å². The van der Waals surface area contributed by atoms with Gasteiger partial charge in [0.05, 0.1) is 17.8 Å². The maximum Gasteiger partial charge on any atom is 0.230 e. The number of carbonyl (C=O) groups excluding carboxylic acids is 1. The highest BCUT2D eigenvalue weighted by Crippen LogP contribution is 2.29. The molecule has 1 aliphatic heterocycles. The summed E-state index contributed by atoms with van der Waals surface area (Å²) in [5, 5.41) is 16.1. The molecule has 9 heteroatoms. The number of fused-ring (bicyclic) bond motifs is 1. The second-order valence-corrected chi connectivity index (χ2v) is 7.13. The Morgan fingerprint density at radius 3 is 2.86 bits per heavy atom. The average molecular weight is 380 g/mol. The molecule has 1 N–H and O–H groups in total. The summed E-state index contributed by atoms with van der Waals surface area (Å²) in [7, 11) is 1.94. The lowest BCUT2D eigenvalue weighted by atomic mass is 9.97. The highest BCUT2D eigenvalue weighted by Gasteiger charge is 2.31. The standard InChI is InChI=1S/C19H24N8O/c1-12-14(13(2)26(3)25-12)6-7-22-19(28)15-5-4-10-27-17(15)23-24-18(27)16-11-20-8-9-21-16/h8-9,11,15H,4-7,10H2,1-3H3,(H,22,28). The quantitative estimate of drug-likeness (QED) is 0.716. The number of carbonyl (C=O) groups is 1. The fourth-order valence-electron chi connectivity index (χ4n) is 3.84. The fourth-order valence-corrected chi connectivity index (χ4v) is 3.84. The monoisotopic (exact) mass is 380 g/mol. The predicted octanol–water partition coefficient (Wildman–Crippen LogP) is 1.32. The summed E-state index contributed by atoms with van der Waals surface area (Å²) in [5.41, 5.74) is 4.02. The Labute approximate surface area is 163 Å². The molecule has 0 radical (unpaired) electrons. The molecule has 1 aliphatic rings. The molecule has 0 aromatic carbocycles. The maximum absolute atomic E-state index is 12.8. The second-order valence-electron chi connectivity index (χ2n) is 7.13.